The minimum atomic E-state index is 0.201. The number of ether oxygens (including phenoxy) is 1. The number of nitrogens with zero attached hydrogens (tertiary/aromatic N) is 4. The first-order valence-corrected chi connectivity index (χ1v) is 12.7. The van der Waals surface area contributed by atoms with E-state index in [4.69, 9.17) is 4.74 Å². The van der Waals surface area contributed by atoms with Crippen molar-refractivity contribution >= 4 is 28.3 Å². The zero-order valence-electron chi connectivity index (χ0n) is 19.0. The molecule has 2 fully saturated rings. The van der Waals surface area contributed by atoms with Gasteiger partial charge < -0.3 is 14.5 Å². The quantitative estimate of drug-likeness (QED) is 0.591. The Morgan fingerprint density at radius 3 is 2.40 bits per heavy atom. The van der Waals surface area contributed by atoms with Gasteiger partial charge in [0.25, 0.3) is 0 Å². The van der Waals surface area contributed by atoms with Crippen molar-refractivity contribution in [1.82, 2.24) is 20.0 Å². The lowest BCUT2D eigenvalue weighted by Gasteiger charge is -2.53. The molecule has 2 unspecified atom stereocenters. The number of piperidine rings is 2. The van der Waals surface area contributed by atoms with Crippen LogP contribution in [0.3, 0.4) is 0 Å². The van der Waals surface area contributed by atoms with Crippen LogP contribution >= 0.6 is 22.6 Å². The number of hydrogen-bond donors (Lipinski definition) is 1. The van der Waals surface area contributed by atoms with Gasteiger partial charge in [0.15, 0.2) is 0 Å². The fourth-order valence-corrected chi connectivity index (χ4v) is 6.16. The molecule has 4 rings (SSSR count). The van der Waals surface area contributed by atoms with Crippen LogP contribution in [0.2, 0.25) is 0 Å². The molecular formula is C23H38IN5O. The van der Waals surface area contributed by atoms with Gasteiger partial charge in [-0.05, 0) is 87.1 Å². The number of hydrogen-bond acceptors (Lipinski definition) is 6. The number of rotatable bonds is 5. The van der Waals surface area contributed by atoms with Crippen molar-refractivity contribution in [3.63, 3.8) is 0 Å². The molecule has 1 N–H and O–H groups in total. The van der Waals surface area contributed by atoms with Crippen LogP contribution in [0.4, 0.5) is 5.69 Å². The normalized spacial score (nSPS) is 27.3. The van der Waals surface area contributed by atoms with E-state index < -0.39 is 0 Å². The molecule has 0 aliphatic carbocycles. The molecule has 0 aromatic heterocycles. The summed E-state index contributed by atoms with van der Waals surface area (Å²) in [6, 6.07) is 5.13. The molecule has 0 radical (unpaired) electrons. The lowest BCUT2D eigenvalue weighted by atomic mass is 10.00. The van der Waals surface area contributed by atoms with E-state index in [1.54, 1.807) is 7.11 Å². The van der Waals surface area contributed by atoms with Gasteiger partial charge in [-0.3, -0.25) is 15.1 Å². The molecule has 0 amide bonds. The van der Waals surface area contributed by atoms with E-state index in [1.165, 1.54) is 73.1 Å². The number of benzene rings is 1. The molecule has 3 heterocycles. The third-order valence-corrected chi connectivity index (χ3v) is 8.08. The molecule has 7 heteroatoms. The Kier molecular flexibility index (Phi) is 7.45. The maximum Gasteiger partial charge on any atom is 0.141 e. The molecule has 30 heavy (non-hydrogen) atoms. The van der Waals surface area contributed by atoms with Crippen LogP contribution in [0.25, 0.3) is 0 Å². The van der Waals surface area contributed by atoms with Crippen LogP contribution in [-0.4, -0.2) is 81.0 Å². The third kappa shape index (κ3) is 4.46. The van der Waals surface area contributed by atoms with E-state index in [0.717, 1.165) is 12.3 Å². The van der Waals surface area contributed by atoms with Gasteiger partial charge in [0.1, 0.15) is 12.0 Å². The summed E-state index contributed by atoms with van der Waals surface area (Å²) >= 11 is 2.41. The van der Waals surface area contributed by atoms with Crippen molar-refractivity contribution in [2.75, 3.05) is 58.8 Å². The minimum Gasteiger partial charge on any atom is -0.496 e. The highest BCUT2D eigenvalue weighted by atomic mass is 127. The number of nitrogens with one attached hydrogen (secondary N) is 1. The lowest BCUT2D eigenvalue weighted by Crippen LogP contribution is -2.63. The Labute approximate surface area is 196 Å². The summed E-state index contributed by atoms with van der Waals surface area (Å²) in [4.78, 5) is 10.2. The smallest absolute Gasteiger partial charge is 0.141 e. The maximum atomic E-state index is 5.70. The molecule has 3 aliphatic heterocycles. The molecule has 0 bridgehead atoms. The molecule has 1 aromatic rings. The second-order valence-corrected chi connectivity index (χ2v) is 10.2. The van der Waals surface area contributed by atoms with E-state index in [9.17, 15) is 0 Å². The molecule has 1 aromatic carbocycles. The van der Waals surface area contributed by atoms with Crippen LogP contribution in [0.1, 0.15) is 50.8 Å². The highest BCUT2D eigenvalue weighted by molar-refractivity contribution is 14.1. The van der Waals surface area contributed by atoms with E-state index in [1.807, 2.05) is 0 Å². The summed E-state index contributed by atoms with van der Waals surface area (Å²) in [7, 11) is 6.33. The summed E-state index contributed by atoms with van der Waals surface area (Å²) in [5.41, 5.74) is 2.67. The summed E-state index contributed by atoms with van der Waals surface area (Å²) in [6.45, 7) is 8.20. The Hall–Kier alpha value is -0.610. The number of likely N-dealkylation sites (tertiary alicyclic amines) is 2. The van der Waals surface area contributed by atoms with Crippen LogP contribution in [0.5, 0.6) is 5.75 Å². The van der Waals surface area contributed by atoms with Crippen molar-refractivity contribution in [1.29, 1.82) is 0 Å². The van der Waals surface area contributed by atoms with Gasteiger partial charge in [-0.15, -0.1) is 0 Å². The van der Waals surface area contributed by atoms with Gasteiger partial charge in [-0.1, -0.05) is 13.3 Å². The summed E-state index contributed by atoms with van der Waals surface area (Å²) in [6.07, 6.45) is 6.90. The van der Waals surface area contributed by atoms with Gasteiger partial charge in [0, 0.05) is 37.4 Å². The fourth-order valence-electron chi connectivity index (χ4n) is 5.49. The lowest BCUT2D eigenvalue weighted by molar-refractivity contribution is -0.00464. The first-order valence-electron chi connectivity index (χ1n) is 11.6. The fraction of sp³-hybridized carbons (Fsp3) is 0.739. The topological polar surface area (TPSA) is 34.2 Å². The Bertz CT molecular complexity index is 718. The highest BCUT2D eigenvalue weighted by Crippen LogP contribution is 2.41. The van der Waals surface area contributed by atoms with Crippen molar-refractivity contribution in [2.45, 2.75) is 57.5 Å². The number of anilines is 1. The van der Waals surface area contributed by atoms with Gasteiger partial charge in [0.2, 0.25) is 0 Å². The molecule has 2 saturated heterocycles. The Morgan fingerprint density at radius 2 is 1.77 bits per heavy atom. The minimum absolute atomic E-state index is 0.201. The summed E-state index contributed by atoms with van der Waals surface area (Å²) in [5.74, 6) is 0.972. The molecule has 3 aliphatic rings. The Morgan fingerprint density at radius 1 is 1.07 bits per heavy atom. The van der Waals surface area contributed by atoms with E-state index in [0.29, 0.717) is 6.04 Å². The van der Waals surface area contributed by atoms with Crippen molar-refractivity contribution in [3.8, 4) is 5.75 Å². The first-order chi connectivity index (χ1) is 14.5. The van der Waals surface area contributed by atoms with Crippen LogP contribution in [-0.2, 0) is 0 Å². The Balaban J connectivity index is 1.65. The molecular weight excluding hydrogens is 489 g/mol. The maximum absolute atomic E-state index is 5.70. The number of halogens is 1. The predicted octanol–water partition coefficient (Wildman–Crippen LogP) is 3.52. The zero-order valence-corrected chi connectivity index (χ0v) is 21.2. The van der Waals surface area contributed by atoms with Crippen LogP contribution in [0, 0.1) is 3.57 Å². The van der Waals surface area contributed by atoms with E-state index in [2.05, 4.69) is 80.7 Å². The van der Waals surface area contributed by atoms with Crippen LogP contribution < -0.4 is 15.0 Å². The van der Waals surface area contributed by atoms with Gasteiger partial charge in [-0.2, -0.15) is 0 Å². The molecule has 0 saturated carbocycles. The second-order valence-electron chi connectivity index (χ2n) is 9.04. The van der Waals surface area contributed by atoms with Gasteiger partial charge >= 0.3 is 0 Å². The number of methoxy groups -OCH3 is 1. The average molecular weight is 527 g/mol. The van der Waals surface area contributed by atoms with E-state index >= 15 is 0 Å². The zero-order chi connectivity index (χ0) is 21.3. The second kappa shape index (κ2) is 9.90. The third-order valence-electron chi connectivity index (χ3n) is 7.24. The van der Waals surface area contributed by atoms with Gasteiger partial charge in [-0.25, -0.2) is 0 Å². The summed E-state index contributed by atoms with van der Waals surface area (Å²) < 4.78 is 6.88. The average Bonchev–Trinajstić information content (AvgIpc) is 2.78. The molecule has 6 nitrogen and oxygen atoms in total. The predicted molar refractivity (Wildman–Crippen MR) is 132 cm³/mol. The molecule has 2 atom stereocenters. The monoisotopic (exact) mass is 527 g/mol. The first kappa shape index (κ1) is 22.6. The summed E-state index contributed by atoms with van der Waals surface area (Å²) in [5, 5.41) is 4.06. The SMILES string of the molecule is CCN1CCC(NC2c3cc(OC)c(I)cc3N(C)C(N3CCCCC3)N2C)CC1. The van der Waals surface area contributed by atoms with Crippen molar-refractivity contribution in [3.05, 3.63) is 21.3 Å². The molecule has 168 valence electrons. The van der Waals surface area contributed by atoms with Gasteiger partial charge in [0.05, 0.1) is 16.8 Å². The molecule has 0 spiro atoms. The van der Waals surface area contributed by atoms with Crippen molar-refractivity contribution in [2.24, 2.45) is 0 Å². The van der Waals surface area contributed by atoms with Crippen molar-refractivity contribution < 1.29 is 4.74 Å². The van der Waals surface area contributed by atoms with E-state index in [-0.39, 0.29) is 12.5 Å². The highest BCUT2D eigenvalue weighted by Gasteiger charge is 2.40. The largest absolute Gasteiger partial charge is 0.496 e. The standard InChI is InChI=1S/C23H38IN5O/c1-5-28-13-9-17(10-14-28)25-22-18-15-21(30-4)19(24)16-20(18)26(2)23(27(22)3)29-11-7-6-8-12-29/h15-17,22-23,25H,5-14H2,1-4H3. The van der Waals surface area contributed by atoms with Crippen LogP contribution in [0.15, 0.2) is 12.1 Å². The number of fused-ring (bicyclic) bond motifs is 1.